The van der Waals surface area contributed by atoms with Gasteiger partial charge in [-0.25, -0.2) is 17.2 Å². The van der Waals surface area contributed by atoms with Crippen molar-refractivity contribution in [2.45, 2.75) is 0 Å². The first kappa shape index (κ1) is 13.2. The molecule has 0 N–H and O–H groups in total. The summed E-state index contributed by atoms with van der Waals surface area (Å²) in [6.45, 7) is 0. The first-order valence-electron chi connectivity index (χ1n) is 4.06. The summed E-state index contributed by atoms with van der Waals surface area (Å²) in [6, 6.07) is 1.80. The van der Waals surface area contributed by atoms with Gasteiger partial charge in [-0.2, -0.15) is 0 Å². The van der Waals surface area contributed by atoms with E-state index in [-0.39, 0.29) is 4.47 Å². The molecular formula is C9H7BrF2O3S. The summed E-state index contributed by atoms with van der Waals surface area (Å²) >= 11 is 2.85. The minimum Gasteiger partial charge on any atom is -0.293 e. The molecule has 0 unspecified atom stereocenters. The molecule has 0 amide bonds. The molecule has 0 atom stereocenters. The van der Waals surface area contributed by atoms with E-state index in [0.717, 1.165) is 18.4 Å². The van der Waals surface area contributed by atoms with Crippen LogP contribution in [0.1, 0.15) is 10.4 Å². The number of hydrogen-bond donors (Lipinski definition) is 0. The van der Waals surface area contributed by atoms with Crippen molar-refractivity contribution >= 4 is 31.6 Å². The van der Waals surface area contributed by atoms with Crippen molar-refractivity contribution in [2.24, 2.45) is 0 Å². The lowest BCUT2D eigenvalue weighted by atomic mass is 10.1. The van der Waals surface area contributed by atoms with Crippen LogP contribution < -0.4 is 0 Å². The fourth-order valence-electron chi connectivity index (χ4n) is 1.12. The van der Waals surface area contributed by atoms with E-state index in [2.05, 4.69) is 15.9 Å². The molecule has 3 nitrogen and oxygen atoms in total. The van der Waals surface area contributed by atoms with Gasteiger partial charge in [0.05, 0.1) is 5.56 Å². The molecule has 1 aromatic carbocycles. The first-order chi connectivity index (χ1) is 7.20. The molecule has 1 rings (SSSR count). The zero-order valence-corrected chi connectivity index (χ0v) is 10.5. The molecule has 0 radical (unpaired) electrons. The Hall–Kier alpha value is -0.820. The monoisotopic (exact) mass is 312 g/mol. The van der Waals surface area contributed by atoms with Crippen LogP contribution in [0, 0.1) is 11.6 Å². The van der Waals surface area contributed by atoms with Gasteiger partial charge in [0, 0.05) is 10.7 Å². The number of sulfone groups is 1. The number of carbonyl (C=O) groups is 1. The average Bonchev–Trinajstić information content (AvgIpc) is 1.96. The van der Waals surface area contributed by atoms with Crippen LogP contribution in [-0.4, -0.2) is 26.2 Å². The molecule has 7 heteroatoms. The molecule has 0 spiro atoms. The van der Waals surface area contributed by atoms with E-state index < -0.39 is 38.6 Å². The summed E-state index contributed by atoms with van der Waals surface area (Å²) in [5.74, 6) is -4.17. The Labute approximate surface area is 99.5 Å². The van der Waals surface area contributed by atoms with Crippen molar-refractivity contribution in [1.29, 1.82) is 0 Å². The van der Waals surface area contributed by atoms with Crippen molar-refractivity contribution in [3.63, 3.8) is 0 Å². The Kier molecular flexibility index (Phi) is 3.80. The molecular weight excluding hydrogens is 306 g/mol. The smallest absolute Gasteiger partial charge is 0.183 e. The van der Waals surface area contributed by atoms with Crippen LogP contribution in [-0.2, 0) is 9.84 Å². The van der Waals surface area contributed by atoms with Crippen molar-refractivity contribution < 1.29 is 22.0 Å². The Bertz CT molecular complexity index is 517. The van der Waals surface area contributed by atoms with Crippen LogP contribution >= 0.6 is 15.9 Å². The molecule has 16 heavy (non-hydrogen) atoms. The molecule has 0 aromatic heterocycles. The molecule has 0 aliphatic heterocycles. The van der Waals surface area contributed by atoms with Crippen LogP contribution in [0.5, 0.6) is 0 Å². The number of carbonyl (C=O) groups excluding carboxylic acids is 1. The molecule has 1 aromatic rings. The van der Waals surface area contributed by atoms with Gasteiger partial charge in [-0.1, -0.05) is 15.9 Å². The van der Waals surface area contributed by atoms with Gasteiger partial charge in [0.15, 0.2) is 15.6 Å². The summed E-state index contributed by atoms with van der Waals surface area (Å²) in [5.41, 5.74) is -0.825. The Morgan fingerprint density at radius 2 is 1.75 bits per heavy atom. The lowest BCUT2D eigenvalue weighted by molar-refractivity contribution is 0.101. The quantitative estimate of drug-likeness (QED) is 0.802. The number of benzene rings is 1. The van der Waals surface area contributed by atoms with Crippen molar-refractivity contribution in [1.82, 2.24) is 0 Å². The number of Topliss-reactive ketones (excluding diaryl/α,β-unsaturated/α-hetero) is 1. The third-order valence-electron chi connectivity index (χ3n) is 1.68. The predicted octanol–water partition coefficient (Wildman–Crippen LogP) is 1.95. The van der Waals surface area contributed by atoms with E-state index in [1.165, 1.54) is 0 Å². The number of rotatable bonds is 3. The second-order valence-corrected chi connectivity index (χ2v) is 6.29. The maximum Gasteiger partial charge on any atom is 0.183 e. The summed E-state index contributed by atoms with van der Waals surface area (Å²) < 4.78 is 48.3. The van der Waals surface area contributed by atoms with Gasteiger partial charge in [-0.3, -0.25) is 4.79 Å². The van der Waals surface area contributed by atoms with E-state index in [4.69, 9.17) is 0 Å². The molecule has 0 fully saturated rings. The molecule has 88 valence electrons. The highest BCUT2D eigenvalue weighted by atomic mass is 79.9. The highest BCUT2D eigenvalue weighted by molar-refractivity contribution is 9.10. The minimum atomic E-state index is -3.61. The topological polar surface area (TPSA) is 51.2 Å². The highest BCUT2D eigenvalue weighted by Crippen LogP contribution is 2.20. The van der Waals surface area contributed by atoms with E-state index in [1.807, 2.05) is 0 Å². The minimum absolute atomic E-state index is 0.137. The van der Waals surface area contributed by atoms with Crippen LogP contribution in [0.25, 0.3) is 0 Å². The third kappa shape index (κ3) is 3.34. The fraction of sp³-hybridized carbons (Fsp3) is 0.222. The second-order valence-electron chi connectivity index (χ2n) is 3.24. The Morgan fingerprint density at radius 3 is 2.12 bits per heavy atom. The largest absolute Gasteiger partial charge is 0.293 e. The van der Waals surface area contributed by atoms with Crippen LogP contribution in [0.2, 0.25) is 0 Å². The molecule has 0 aliphatic rings. The molecule has 0 bridgehead atoms. The van der Waals surface area contributed by atoms with E-state index in [0.29, 0.717) is 0 Å². The maximum absolute atomic E-state index is 13.3. The molecule has 0 aliphatic carbocycles. The molecule has 0 saturated carbocycles. The van der Waals surface area contributed by atoms with Crippen molar-refractivity contribution in [3.05, 3.63) is 33.8 Å². The van der Waals surface area contributed by atoms with Gasteiger partial charge < -0.3 is 0 Å². The SMILES string of the molecule is CS(=O)(=O)CC(=O)c1c(F)cc(Br)cc1F. The normalized spacial score (nSPS) is 11.5. The first-order valence-corrected chi connectivity index (χ1v) is 6.91. The Morgan fingerprint density at radius 1 is 1.31 bits per heavy atom. The number of hydrogen-bond acceptors (Lipinski definition) is 3. The summed E-state index contributed by atoms with van der Waals surface area (Å²) in [7, 11) is -3.61. The van der Waals surface area contributed by atoms with Crippen molar-refractivity contribution in [2.75, 3.05) is 12.0 Å². The van der Waals surface area contributed by atoms with Gasteiger partial charge in [0.1, 0.15) is 17.4 Å². The van der Waals surface area contributed by atoms with E-state index in [9.17, 15) is 22.0 Å². The number of halogens is 3. The molecule has 0 saturated heterocycles. The van der Waals surface area contributed by atoms with Crippen LogP contribution in [0.3, 0.4) is 0 Å². The molecule has 0 heterocycles. The predicted molar refractivity (Wildman–Crippen MR) is 58.1 cm³/mol. The lowest BCUT2D eigenvalue weighted by Crippen LogP contribution is -2.17. The van der Waals surface area contributed by atoms with E-state index in [1.54, 1.807) is 0 Å². The zero-order chi connectivity index (χ0) is 12.5. The lowest BCUT2D eigenvalue weighted by Gasteiger charge is -2.03. The maximum atomic E-state index is 13.3. The van der Waals surface area contributed by atoms with Gasteiger partial charge in [0.25, 0.3) is 0 Å². The van der Waals surface area contributed by atoms with Gasteiger partial charge in [0.2, 0.25) is 0 Å². The summed E-state index contributed by atoms with van der Waals surface area (Å²) in [5, 5.41) is 0. The van der Waals surface area contributed by atoms with E-state index >= 15 is 0 Å². The van der Waals surface area contributed by atoms with Gasteiger partial charge >= 0.3 is 0 Å². The standard InChI is InChI=1S/C9H7BrF2O3S/c1-16(14,15)4-8(13)9-6(11)2-5(10)3-7(9)12/h2-3H,4H2,1H3. The summed E-state index contributed by atoms with van der Waals surface area (Å²) in [4.78, 5) is 11.3. The zero-order valence-electron chi connectivity index (χ0n) is 8.13. The fourth-order valence-corrected chi connectivity index (χ4v) is 2.14. The average molecular weight is 313 g/mol. The number of ketones is 1. The summed E-state index contributed by atoms with van der Waals surface area (Å²) in [6.07, 6.45) is 0.819. The second kappa shape index (κ2) is 4.58. The van der Waals surface area contributed by atoms with Gasteiger partial charge in [-0.05, 0) is 12.1 Å². The van der Waals surface area contributed by atoms with Crippen molar-refractivity contribution in [3.8, 4) is 0 Å². The van der Waals surface area contributed by atoms with Crippen LogP contribution in [0.4, 0.5) is 8.78 Å². The Balaban J connectivity index is 3.19. The van der Waals surface area contributed by atoms with Crippen LogP contribution in [0.15, 0.2) is 16.6 Å². The highest BCUT2D eigenvalue weighted by Gasteiger charge is 2.21. The van der Waals surface area contributed by atoms with Gasteiger partial charge in [-0.15, -0.1) is 0 Å². The third-order valence-corrected chi connectivity index (χ3v) is 2.92.